The zero-order chi connectivity index (χ0) is 21.8. The zero-order valence-corrected chi connectivity index (χ0v) is 18.3. The molecule has 3 N–H and O–H groups in total. The molecule has 3 rings (SSSR count). The number of aromatic hydroxyl groups is 1. The van der Waals surface area contributed by atoms with Crippen molar-refractivity contribution in [3.8, 4) is 23.1 Å². The third-order valence-corrected chi connectivity index (χ3v) is 5.36. The van der Waals surface area contributed by atoms with Crippen LogP contribution in [0.5, 0.6) is 23.1 Å². The maximum absolute atomic E-state index is 12.5. The van der Waals surface area contributed by atoms with Crippen LogP contribution < -0.4 is 25.2 Å². The molecule has 0 unspecified atom stereocenters. The Hall–Kier alpha value is -3.01. The number of aromatic amines is 1. The van der Waals surface area contributed by atoms with Crippen molar-refractivity contribution in [2.75, 3.05) is 21.3 Å². The minimum absolute atomic E-state index is 0.127. The molecule has 0 fully saturated rings. The van der Waals surface area contributed by atoms with Gasteiger partial charge in [-0.2, -0.15) is 5.10 Å². The third-order valence-electron chi connectivity index (χ3n) is 5.04. The highest BCUT2D eigenvalue weighted by Crippen LogP contribution is 2.41. The first kappa shape index (κ1) is 21.7. The number of unbranched alkanes of at least 4 members (excludes halogenated alkanes) is 1. The fourth-order valence-electron chi connectivity index (χ4n) is 3.44. The van der Waals surface area contributed by atoms with Gasteiger partial charge in [-0.15, -0.1) is 0 Å². The van der Waals surface area contributed by atoms with Crippen molar-refractivity contribution in [1.29, 1.82) is 0 Å². The van der Waals surface area contributed by atoms with Crippen molar-refractivity contribution in [3.63, 3.8) is 0 Å². The molecule has 1 aromatic carbocycles. The Balaban J connectivity index is 1.94. The highest BCUT2D eigenvalue weighted by molar-refractivity contribution is 7.71. The standard InChI is InChI=1S/C20H26N4O5S/c1-5-6-7-24-19(26)16(18(25)21-20(24)30)13-10-12(22-23-13)11-8-14(27-2)17(29-4)15(9-11)28-3/h8-9,12,22,26H,5-7,10H2,1-4H3,(H,21,25,30)/t12-/m1/s1. The summed E-state index contributed by atoms with van der Waals surface area (Å²) in [5, 5.41) is 15.1. The second-order valence-electron chi connectivity index (χ2n) is 6.87. The largest absolute Gasteiger partial charge is 0.494 e. The van der Waals surface area contributed by atoms with Gasteiger partial charge < -0.3 is 24.7 Å². The summed E-state index contributed by atoms with van der Waals surface area (Å²) in [6, 6.07) is 3.42. The van der Waals surface area contributed by atoms with E-state index in [2.05, 4.69) is 15.5 Å². The van der Waals surface area contributed by atoms with E-state index in [4.69, 9.17) is 26.4 Å². The summed E-state index contributed by atoms with van der Waals surface area (Å²) in [7, 11) is 4.64. The number of methoxy groups -OCH3 is 3. The second kappa shape index (κ2) is 9.21. The van der Waals surface area contributed by atoms with Crippen LogP contribution in [0.3, 0.4) is 0 Å². The molecule has 10 heteroatoms. The molecule has 2 aromatic rings. The lowest BCUT2D eigenvalue weighted by atomic mass is 9.99. The Labute approximate surface area is 179 Å². The van der Waals surface area contributed by atoms with Crippen LogP contribution in [0.4, 0.5) is 0 Å². The van der Waals surface area contributed by atoms with Gasteiger partial charge in [0.25, 0.3) is 5.56 Å². The average molecular weight is 435 g/mol. The molecule has 30 heavy (non-hydrogen) atoms. The molecule has 0 saturated carbocycles. The van der Waals surface area contributed by atoms with Gasteiger partial charge in [0.15, 0.2) is 16.3 Å². The summed E-state index contributed by atoms with van der Waals surface area (Å²) in [6.07, 6.45) is 2.15. The number of nitrogens with one attached hydrogen (secondary N) is 2. The van der Waals surface area contributed by atoms with E-state index in [9.17, 15) is 9.90 Å². The molecule has 1 aliphatic rings. The Morgan fingerprint density at radius 3 is 2.47 bits per heavy atom. The Bertz CT molecular complexity index is 1050. The molecule has 0 radical (unpaired) electrons. The van der Waals surface area contributed by atoms with Gasteiger partial charge >= 0.3 is 0 Å². The van der Waals surface area contributed by atoms with Crippen molar-refractivity contribution in [2.24, 2.45) is 5.10 Å². The minimum Gasteiger partial charge on any atom is -0.494 e. The van der Waals surface area contributed by atoms with E-state index < -0.39 is 5.56 Å². The fraction of sp³-hybridized carbons (Fsp3) is 0.450. The Morgan fingerprint density at radius 2 is 1.90 bits per heavy atom. The van der Waals surface area contributed by atoms with Crippen molar-refractivity contribution in [3.05, 3.63) is 38.4 Å². The van der Waals surface area contributed by atoms with E-state index >= 15 is 0 Å². The first-order valence-electron chi connectivity index (χ1n) is 9.63. The molecular weight excluding hydrogens is 408 g/mol. The number of ether oxygens (including phenoxy) is 3. The van der Waals surface area contributed by atoms with Gasteiger partial charge in [0.2, 0.25) is 11.6 Å². The van der Waals surface area contributed by atoms with E-state index in [0.29, 0.717) is 35.9 Å². The van der Waals surface area contributed by atoms with Gasteiger partial charge in [0, 0.05) is 13.0 Å². The first-order valence-corrected chi connectivity index (χ1v) is 10.0. The molecule has 162 valence electrons. The van der Waals surface area contributed by atoms with Crippen LogP contribution in [0, 0.1) is 4.77 Å². The number of hydrazone groups is 1. The van der Waals surface area contributed by atoms with Crippen LogP contribution in [-0.4, -0.2) is 41.7 Å². The summed E-state index contributed by atoms with van der Waals surface area (Å²) in [4.78, 5) is 15.2. The van der Waals surface area contributed by atoms with Gasteiger partial charge in [-0.25, -0.2) is 0 Å². The molecule has 0 aliphatic carbocycles. The maximum atomic E-state index is 12.5. The lowest BCUT2D eigenvalue weighted by Gasteiger charge is -2.17. The van der Waals surface area contributed by atoms with Crippen LogP contribution in [0.15, 0.2) is 22.0 Å². The van der Waals surface area contributed by atoms with Crippen LogP contribution in [0.25, 0.3) is 0 Å². The van der Waals surface area contributed by atoms with E-state index in [1.54, 1.807) is 21.3 Å². The zero-order valence-electron chi connectivity index (χ0n) is 17.4. The van der Waals surface area contributed by atoms with Gasteiger partial charge in [-0.1, -0.05) is 13.3 Å². The van der Waals surface area contributed by atoms with Crippen LogP contribution >= 0.6 is 12.2 Å². The van der Waals surface area contributed by atoms with Crippen molar-refractivity contribution in [2.45, 2.75) is 38.8 Å². The summed E-state index contributed by atoms with van der Waals surface area (Å²) in [5.41, 5.74) is 3.99. The monoisotopic (exact) mass is 434 g/mol. The molecule has 0 saturated heterocycles. The van der Waals surface area contributed by atoms with Crippen LogP contribution in [0.2, 0.25) is 0 Å². The molecule has 9 nitrogen and oxygen atoms in total. The summed E-state index contributed by atoms with van der Waals surface area (Å²) in [6.45, 7) is 2.56. The lowest BCUT2D eigenvalue weighted by molar-refractivity contribution is 0.323. The topological polar surface area (TPSA) is 110 Å². The normalized spacial score (nSPS) is 15.5. The van der Waals surface area contributed by atoms with Gasteiger partial charge in [0.1, 0.15) is 5.56 Å². The average Bonchev–Trinajstić information content (AvgIpc) is 3.21. The highest BCUT2D eigenvalue weighted by atomic mass is 32.1. The number of nitrogens with zero attached hydrogens (tertiary/aromatic N) is 2. The predicted molar refractivity (Wildman–Crippen MR) is 116 cm³/mol. The molecule has 1 atom stereocenters. The van der Waals surface area contributed by atoms with Crippen LogP contribution in [0.1, 0.15) is 43.4 Å². The molecule has 2 heterocycles. The van der Waals surface area contributed by atoms with Gasteiger partial charge in [-0.05, 0) is 36.3 Å². The fourth-order valence-corrected chi connectivity index (χ4v) is 3.71. The second-order valence-corrected chi connectivity index (χ2v) is 7.25. The molecule has 0 bridgehead atoms. The number of aromatic nitrogens is 2. The lowest BCUT2D eigenvalue weighted by Crippen LogP contribution is -2.22. The smallest absolute Gasteiger partial charge is 0.264 e. The number of H-pyrrole nitrogens is 1. The summed E-state index contributed by atoms with van der Waals surface area (Å²) < 4.78 is 17.9. The van der Waals surface area contributed by atoms with E-state index in [0.717, 1.165) is 18.4 Å². The molecule has 1 aromatic heterocycles. The molecule has 0 amide bonds. The van der Waals surface area contributed by atoms with E-state index in [1.807, 2.05) is 19.1 Å². The number of hydrogen-bond acceptors (Lipinski definition) is 8. The summed E-state index contributed by atoms with van der Waals surface area (Å²) >= 11 is 5.21. The minimum atomic E-state index is -0.462. The van der Waals surface area contributed by atoms with E-state index in [1.165, 1.54) is 4.57 Å². The number of rotatable bonds is 8. The van der Waals surface area contributed by atoms with Gasteiger partial charge in [-0.3, -0.25) is 14.3 Å². The van der Waals surface area contributed by atoms with E-state index in [-0.39, 0.29) is 22.3 Å². The third kappa shape index (κ3) is 4.00. The quantitative estimate of drug-likeness (QED) is 0.548. The van der Waals surface area contributed by atoms with Crippen molar-refractivity contribution in [1.82, 2.24) is 15.0 Å². The van der Waals surface area contributed by atoms with Crippen LogP contribution in [-0.2, 0) is 6.54 Å². The Morgan fingerprint density at radius 1 is 1.23 bits per heavy atom. The van der Waals surface area contributed by atoms with Crippen molar-refractivity contribution >= 4 is 17.9 Å². The Kier molecular flexibility index (Phi) is 6.66. The molecular formula is C20H26N4O5S. The van der Waals surface area contributed by atoms with Crippen molar-refractivity contribution < 1.29 is 19.3 Å². The number of hydrogen-bond donors (Lipinski definition) is 3. The SMILES string of the molecule is CCCCn1c(O)c(C2=NN[C@@H](c3cc(OC)c(OC)c(OC)c3)C2)c(=O)[nH]c1=S. The van der Waals surface area contributed by atoms with Gasteiger partial charge in [0.05, 0.1) is 33.1 Å². The number of benzene rings is 1. The molecule has 0 spiro atoms. The highest BCUT2D eigenvalue weighted by Gasteiger charge is 2.28. The molecule has 1 aliphatic heterocycles. The predicted octanol–water partition coefficient (Wildman–Crippen LogP) is 2.88. The maximum Gasteiger partial charge on any atom is 0.264 e. The summed E-state index contributed by atoms with van der Waals surface area (Å²) in [5.74, 6) is 1.38. The first-order chi connectivity index (χ1) is 14.4.